The minimum atomic E-state index is -2.78. The third-order valence-corrected chi connectivity index (χ3v) is 5.36. The van der Waals surface area contributed by atoms with Crippen LogP contribution in [-0.4, -0.2) is 56.8 Å². The van der Waals surface area contributed by atoms with Crippen molar-refractivity contribution in [1.29, 1.82) is 0 Å². The SMILES string of the molecule is CC(C)Cn1ncc(C(=O)NC2CC(N(CC(=O)O)CC3CC3)C2)c1C(F)F. The van der Waals surface area contributed by atoms with E-state index in [1.165, 1.54) is 10.9 Å². The Hall–Kier alpha value is -2.03. The first-order valence-electron chi connectivity index (χ1n) is 9.85. The number of amides is 1. The van der Waals surface area contributed by atoms with Crippen molar-refractivity contribution in [2.45, 2.75) is 64.6 Å². The van der Waals surface area contributed by atoms with Gasteiger partial charge in [-0.25, -0.2) is 8.78 Å². The van der Waals surface area contributed by atoms with Crippen LogP contribution < -0.4 is 5.32 Å². The third-order valence-electron chi connectivity index (χ3n) is 5.36. The van der Waals surface area contributed by atoms with Gasteiger partial charge in [-0.1, -0.05) is 13.8 Å². The van der Waals surface area contributed by atoms with Gasteiger partial charge >= 0.3 is 5.97 Å². The molecule has 0 aromatic carbocycles. The van der Waals surface area contributed by atoms with Crippen LogP contribution in [0.3, 0.4) is 0 Å². The molecule has 0 radical (unpaired) electrons. The molecule has 2 N–H and O–H groups in total. The molecule has 9 heteroatoms. The highest BCUT2D eigenvalue weighted by Gasteiger charge is 2.38. The lowest BCUT2D eigenvalue weighted by Gasteiger charge is -2.42. The monoisotopic (exact) mass is 398 g/mol. The molecule has 156 valence electrons. The zero-order chi connectivity index (χ0) is 20.4. The van der Waals surface area contributed by atoms with Crippen LogP contribution in [0.5, 0.6) is 0 Å². The fourth-order valence-electron chi connectivity index (χ4n) is 3.71. The number of alkyl halides is 2. The van der Waals surface area contributed by atoms with Crippen LogP contribution in [0, 0.1) is 11.8 Å². The number of halogens is 2. The van der Waals surface area contributed by atoms with E-state index in [1.54, 1.807) is 0 Å². The largest absolute Gasteiger partial charge is 0.480 e. The standard InChI is InChI=1S/C19H28F2N4O3/c1-11(2)8-25-17(18(20)21)15(7-22-25)19(28)23-13-5-14(6-13)24(10-16(26)27)9-12-3-4-12/h7,11-14,18H,3-6,8-10H2,1-2H3,(H,23,28)(H,26,27). The number of nitrogens with one attached hydrogen (secondary N) is 1. The predicted molar refractivity (Wildman–Crippen MR) is 98.2 cm³/mol. The summed E-state index contributed by atoms with van der Waals surface area (Å²) in [5.41, 5.74) is -0.428. The van der Waals surface area contributed by atoms with Crippen molar-refractivity contribution >= 4 is 11.9 Å². The van der Waals surface area contributed by atoms with Crippen LogP contribution in [0.25, 0.3) is 0 Å². The number of carbonyl (C=O) groups is 2. The summed E-state index contributed by atoms with van der Waals surface area (Å²) in [6.07, 6.45) is 1.98. The zero-order valence-electron chi connectivity index (χ0n) is 16.3. The number of hydrogen-bond acceptors (Lipinski definition) is 4. The number of carbonyl (C=O) groups excluding carboxylic acids is 1. The lowest BCUT2D eigenvalue weighted by molar-refractivity contribution is -0.139. The summed E-state index contributed by atoms with van der Waals surface area (Å²) in [5, 5.41) is 15.9. The number of hydrogen-bond donors (Lipinski definition) is 2. The van der Waals surface area contributed by atoms with Crippen molar-refractivity contribution in [2.75, 3.05) is 13.1 Å². The fraction of sp³-hybridized carbons (Fsp3) is 0.737. The van der Waals surface area contributed by atoms with Crippen molar-refractivity contribution in [1.82, 2.24) is 20.0 Å². The molecule has 7 nitrogen and oxygen atoms in total. The van der Waals surface area contributed by atoms with E-state index in [4.69, 9.17) is 5.11 Å². The number of rotatable bonds is 10. The molecule has 2 fully saturated rings. The summed E-state index contributed by atoms with van der Waals surface area (Å²) in [4.78, 5) is 25.6. The van der Waals surface area contributed by atoms with E-state index in [0.29, 0.717) is 25.3 Å². The maximum atomic E-state index is 13.5. The number of aromatic nitrogens is 2. The van der Waals surface area contributed by atoms with Crippen LogP contribution in [0.4, 0.5) is 8.78 Å². The summed E-state index contributed by atoms with van der Waals surface area (Å²) in [7, 11) is 0. The molecule has 1 aromatic heterocycles. The minimum absolute atomic E-state index is 0.000658. The van der Waals surface area contributed by atoms with Gasteiger partial charge in [-0.05, 0) is 37.5 Å². The van der Waals surface area contributed by atoms with Gasteiger partial charge in [-0.15, -0.1) is 0 Å². The van der Waals surface area contributed by atoms with Crippen molar-refractivity contribution in [2.24, 2.45) is 11.8 Å². The van der Waals surface area contributed by atoms with Crippen LogP contribution in [0.15, 0.2) is 6.20 Å². The number of carboxylic acids is 1. The topological polar surface area (TPSA) is 87.5 Å². The zero-order valence-corrected chi connectivity index (χ0v) is 16.3. The van der Waals surface area contributed by atoms with E-state index in [-0.39, 0.29) is 35.8 Å². The van der Waals surface area contributed by atoms with Gasteiger partial charge in [0.1, 0.15) is 5.69 Å². The first kappa shape index (κ1) is 20.7. The number of nitrogens with zero attached hydrogens (tertiary/aromatic N) is 3. The fourth-order valence-corrected chi connectivity index (χ4v) is 3.71. The Labute approximate surface area is 163 Å². The second-order valence-corrected chi connectivity index (χ2v) is 8.38. The molecule has 1 heterocycles. The van der Waals surface area contributed by atoms with Gasteiger partial charge < -0.3 is 10.4 Å². The molecule has 2 aliphatic carbocycles. The smallest absolute Gasteiger partial charge is 0.317 e. The van der Waals surface area contributed by atoms with Crippen LogP contribution in [-0.2, 0) is 11.3 Å². The molecule has 28 heavy (non-hydrogen) atoms. The molecular weight excluding hydrogens is 370 g/mol. The normalized spacial score (nSPS) is 22.0. The summed E-state index contributed by atoms with van der Waals surface area (Å²) in [6.45, 7) is 4.89. The van der Waals surface area contributed by atoms with Crippen molar-refractivity contribution < 1.29 is 23.5 Å². The van der Waals surface area contributed by atoms with Gasteiger partial charge in [0.25, 0.3) is 12.3 Å². The van der Waals surface area contributed by atoms with Crippen LogP contribution in [0.2, 0.25) is 0 Å². The first-order valence-corrected chi connectivity index (χ1v) is 9.85. The van der Waals surface area contributed by atoms with Crippen molar-refractivity contribution in [3.63, 3.8) is 0 Å². The van der Waals surface area contributed by atoms with E-state index in [2.05, 4.69) is 10.4 Å². The van der Waals surface area contributed by atoms with Crippen LogP contribution in [0.1, 0.15) is 62.0 Å². The molecule has 0 bridgehead atoms. The Morgan fingerprint density at radius 2 is 2.04 bits per heavy atom. The molecule has 2 aliphatic rings. The lowest BCUT2D eigenvalue weighted by atomic mass is 9.85. The predicted octanol–water partition coefficient (Wildman–Crippen LogP) is 2.53. The van der Waals surface area contributed by atoms with Crippen LogP contribution >= 0.6 is 0 Å². The molecule has 1 amide bonds. The maximum absolute atomic E-state index is 13.5. The summed E-state index contributed by atoms with van der Waals surface area (Å²) in [6, 6.07) is -0.0211. The molecule has 0 aliphatic heterocycles. The molecular formula is C19H28F2N4O3. The molecule has 1 aromatic rings. The number of aliphatic carboxylic acids is 1. The number of carboxylic acid groups (broad SMARTS) is 1. The van der Waals surface area contributed by atoms with E-state index in [9.17, 15) is 18.4 Å². The highest BCUT2D eigenvalue weighted by molar-refractivity contribution is 5.95. The Morgan fingerprint density at radius 1 is 1.36 bits per heavy atom. The summed E-state index contributed by atoms with van der Waals surface area (Å²) < 4.78 is 28.2. The van der Waals surface area contributed by atoms with Gasteiger partial charge in [-0.2, -0.15) is 5.10 Å². The summed E-state index contributed by atoms with van der Waals surface area (Å²) >= 11 is 0. The lowest BCUT2D eigenvalue weighted by Crippen LogP contribution is -2.55. The Bertz CT molecular complexity index is 712. The quantitative estimate of drug-likeness (QED) is 0.632. The summed E-state index contributed by atoms with van der Waals surface area (Å²) in [5.74, 6) is -0.686. The second kappa shape index (κ2) is 8.55. The van der Waals surface area contributed by atoms with Crippen molar-refractivity contribution in [3.05, 3.63) is 17.5 Å². The maximum Gasteiger partial charge on any atom is 0.317 e. The second-order valence-electron chi connectivity index (χ2n) is 8.38. The molecule has 0 spiro atoms. The third kappa shape index (κ3) is 5.06. The van der Waals surface area contributed by atoms with E-state index in [1.807, 2.05) is 18.7 Å². The van der Waals surface area contributed by atoms with Gasteiger partial charge in [-0.3, -0.25) is 19.2 Å². The van der Waals surface area contributed by atoms with Gasteiger partial charge in [0.15, 0.2) is 0 Å². The Balaban J connectivity index is 1.57. The molecule has 0 unspecified atom stereocenters. The minimum Gasteiger partial charge on any atom is -0.480 e. The van der Waals surface area contributed by atoms with Gasteiger partial charge in [0, 0.05) is 25.2 Å². The van der Waals surface area contributed by atoms with Crippen molar-refractivity contribution in [3.8, 4) is 0 Å². The van der Waals surface area contributed by atoms with Gasteiger partial charge in [0.2, 0.25) is 0 Å². The molecule has 2 saturated carbocycles. The Morgan fingerprint density at radius 3 is 2.57 bits per heavy atom. The molecule has 3 rings (SSSR count). The average Bonchev–Trinajstić information content (AvgIpc) is 3.26. The molecule has 0 saturated heterocycles. The molecule has 0 atom stereocenters. The van der Waals surface area contributed by atoms with E-state index in [0.717, 1.165) is 19.4 Å². The highest BCUT2D eigenvalue weighted by atomic mass is 19.3. The van der Waals surface area contributed by atoms with E-state index < -0.39 is 18.3 Å². The average molecular weight is 398 g/mol. The highest BCUT2D eigenvalue weighted by Crippen LogP contribution is 2.34. The first-order chi connectivity index (χ1) is 13.2. The Kier molecular flexibility index (Phi) is 6.32. The van der Waals surface area contributed by atoms with Gasteiger partial charge in [0.05, 0.1) is 18.3 Å². The van der Waals surface area contributed by atoms with E-state index >= 15 is 0 Å².